The number of nitrogens with zero attached hydrogens (tertiary/aromatic N) is 4. The average Bonchev–Trinajstić information content (AvgIpc) is 3.59. The van der Waals surface area contributed by atoms with Crippen LogP contribution in [0.15, 0.2) is 91.6 Å². The second-order valence-electron chi connectivity index (χ2n) is 8.12. The van der Waals surface area contributed by atoms with Gasteiger partial charge in [0.25, 0.3) is 0 Å². The number of anilines is 1. The number of carbonyl (C=O) groups is 2. The van der Waals surface area contributed by atoms with E-state index in [4.69, 9.17) is 10.7 Å². The van der Waals surface area contributed by atoms with Gasteiger partial charge in [0, 0.05) is 48.0 Å². The summed E-state index contributed by atoms with van der Waals surface area (Å²) in [6, 6.07) is 18.4. The zero-order valence-electron chi connectivity index (χ0n) is 19.3. The van der Waals surface area contributed by atoms with Crippen LogP contribution >= 0.6 is 0 Å². The molecule has 9 nitrogen and oxygen atoms in total. The van der Waals surface area contributed by atoms with E-state index in [2.05, 4.69) is 20.5 Å². The van der Waals surface area contributed by atoms with Crippen molar-refractivity contribution in [2.45, 2.75) is 12.8 Å². The third-order valence-corrected chi connectivity index (χ3v) is 5.73. The lowest BCUT2D eigenvalue weighted by atomic mass is 9.96. The molecule has 0 aliphatic heterocycles. The molecule has 2 aromatic carbocycles. The van der Waals surface area contributed by atoms with E-state index < -0.39 is 5.91 Å². The fourth-order valence-corrected chi connectivity index (χ4v) is 4.05. The Morgan fingerprint density at radius 2 is 1.81 bits per heavy atom. The minimum absolute atomic E-state index is 0.113. The molecule has 0 saturated carbocycles. The fraction of sp³-hybridized carbons (Fsp3) is 0.0741. The summed E-state index contributed by atoms with van der Waals surface area (Å²) in [6.07, 6.45) is 9.32. The van der Waals surface area contributed by atoms with Gasteiger partial charge in [-0.15, -0.1) is 0 Å². The maximum absolute atomic E-state index is 12.5. The van der Waals surface area contributed by atoms with Crippen LogP contribution in [0.5, 0.6) is 0 Å². The third-order valence-electron chi connectivity index (χ3n) is 5.73. The highest BCUT2D eigenvalue weighted by Gasteiger charge is 2.22. The predicted molar refractivity (Wildman–Crippen MR) is 136 cm³/mol. The summed E-state index contributed by atoms with van der Waals surface area (Å²) >= 11 is 0. The number of carbonyl (C=O) groups excluding carboxylic acids is 2. The number of hydrogen-bond donors (Lipinski definition) is 3. The van der Waals surface area contributed by atoms with Gasteiger partial charge in [0.2, 0.25) is 11.8 Å². The molecule has 0 saturated heterocycles. The van der Waals surface area contributed by atoms with E-state index in [1.54, 1.807) is 36.9 Å². The number of aryl methyl sites for hydroxylation is 1. The average molecular weight is 478 g/mol. The van der Waals surface area contributed by atoms with Crippen LogP contribution in [0.4, 0.5) is 5.69 Å². The number of benzene rings is 2. The first-order valence-electron chi connectivity index (χ1n) is 11.4. The number of hydrogen-bond acceptors (Lipinski definition) is 5. The van der Waals surface area contributed by atoms with Gasteiger partial charge in [-0.2, -0.15) is 5.10 Å². The molecule has 4 N–H and O–H groups in total. The molecule has 0 unspecified atom stereocenters. The van der Waals surface area contributed by atoms with Crippen LogP contribution < -0.4 is 11.1 Å². The number of imidazole rings is 1. The molecule has 0 atom stereocenters. The number of para-hydroxylation sites is 1. The fourth-order valence-electron chi connectivity index (χ4n) is 4.05. The van der Waals surface area contributed by atoms with Crippen LogP contribution in [-0.2, 0) is 11.2 Å². The second-order valence-corrected chi connectivity index (χ2v) is 8.12. The Bertz CT molecular complexity index is 1490. The molecule has 178 valence electrons. The van der Waals surface area contributed by atoms with E-state index in [9.17, 15) is 9.59 Å². The van der Waals surface area contributed by atoms with Crippen molar-refractivity contribution in [1.29, 1.82) is 0 Å². The normalized spacial score (nSPS) is 10.8. The summed E-state index contributed by atoms with van der Waals surface area (Å²) in [5, 5.41) is 9.76. The van der Waals surface area contributed by atoms with Gasteiger partial charge in [-0.05, 0) is 42.3 Å². The quantitative estimate of drug-likeness (QED) is 0.311. The highest BCUT2D eigenvalue weighted by atomic mass is 16.1. The second kappa shape index (κ2) is 10.1. The Kier molecular flexibility index (Phi) is 6.35. The maximum atomic E-state index is 12.5. The van der Waals surface area contributed by atoms with E-state index in [1.165, 1.54) is 0 Å². The van der Waals surface area contributed by atoms with E-state index >= 15 is 0 Å². The van der Waals surface area contributed by atoms with Crippen molar-refractivity contribution < 1.29 is 9.59 Å². The minimum atomic E-state index is -0.566. The highest BCUT2D eigenvalue weighted by molar-refractivity contribution is 6.03. The molecule has 0 spiro atoms. The Morgan fingerprint density at radius 1 is 1.00 bits per heavy atom. The number of primary amides is 1. The number of nitrogens with two attached hydrogens (primary N) is 1. The molecule has 0 radical (unpaired) electrons. The van der Waals surface area contributed by atoms with Gasteiger partial charge < -0.3 is 11.1 Å². The number of rotatable bonds is 8. The predicted octanol–water partition coefficient (Wildman–Crippen LogP) is 3.99. The van der Waals surface area contributed by atoms with Crippen LogP contribution in [0.2, 0.25) is 0 Å². The largest absolute Gasteiger partial charge is 0.366 e. The van der Waals surface area contributed by atoms with Crippen molar-refractivity contribution in [2.24, 2.45) is 5.73 Å². The molecule has 0 bridgehead atoms. The van der Waals surface area contributed by atoms with Crippen LogP contribution in [0.3, 0.4) is 0 Å². The molecule has 0 aliphatic carbocycles. The number of H-pyrrole nitrogens is 1. The lowest BCUT2D eigenvalue weighted by molar-refractivity contribution is -0.116. The third kappa shape index (κ3) is 4.76. The first-order valence-corrected chi connectivity index (χ1v) is 11.4. The van der Waals surface area contributed by atoms with Crippen molar-refractivity contribution in [3.05, 3.63) is 103 Å². The van der Waals surface area contributed by atoms with Gasteiger partial charge in [0.05, 0.1) is 23.1 Å². The first-order chi connectivity index (χ1) is 17.6. The molecule has 0 fully saturated rings. The van der Waals surface area contributed by atoms with Gasteiger partial charge >= 0.3 is 0 Å². The molecule has 3 heterocycles. The number of aromatic amines is 1. The Hall–Kier alpha value is -5.05. The Balaban J connectivity index is 1.56. The molecule has 3 aromatic heterocycles. The van der Waals surface area contributed by atoms with Gasteiger partial charge in [0.15, 0.2) is 0 Å². The van der Waals surface area contributed by atoms with Gasteiger partial charge in [-0.3, -0.25) is 24.2 Å². The molecule has 5 rings (SSSR count). The van der Waals surface area contributed by atoms with E-state index in [0.717, 1.165) is 22.5 Å². The molecule has 2 amide bonds. The van der Waals surface area contributed by atoms with Crippen molar-refractivity contribution in [3.8, 4) is 28.2 Å². The van der Waals surface area contributed by atoms with Crippen LogP contribution in [0, 0.1) is 0 Å². The van der Waals surface area contributed by atoms with Gasteiger partial charge in [-0.1, -0.05) is 30.3 Å². The summed E-state index contributed by atoms with van der Waals surface area (Å²) in [5.41, 5.74) is 10.5. The Morgan fingerprint density at radius 3 is 2.53 bits per heavy atom. The molecular formula is C27H23N7O2. The summed E-state index contributed by atoms with van der Waals surface area (Å²) < 4.78 is 1.89. The zero-order chi connectivity index (χ0) is 24.9. The lowest BCUT2D eigenvalue weighted by Gasteiger charge is -2.14. The van der Waals surface area contributed by atoms with E-state index in [-0.39, 0.29) is 12.3 Å². The van der Waals surface area contributed by atoms with Crippen LogP contribution in [0.25, 0.3) is 28.2 Å². The smallest absolute Gasteiger partial charge is 0.249 e. The maximum Gasteiger partial charge on any atom is 0.249 e. The summed E-state index contributed by atoms with van der Waals surface area (Å²) in [7, 11) is 0. The number of aromatic nitrogens is 5. The summed E-state index contributed by atoms with van der Waals surface area (Å²) in [5.74, 6) is -0.147. The SMILES string of the molecule is NC(=O)c1cccc(-c2cn[nH]c2)c1-c1nc(CCC(=O)Nc2ccccc2)cn1-c1ccncc1. The molecule has 0 aliphatic rings. The standard InChI is InChI=1S/C27H23N7O2/c28-26(36)23-8-4-7-22(18-15-30-31-16-18)25(23)27-33-20(17-34(27)21-11-13-29-14-12-21)9-10-24(35)32-19-5-2-1-3-6-19/h1-8,11-17H,9-10H2,(H2,28,36)(H,30,31)(H,32,35). The number of pyridine rings is 1. The monoisotopic (exact) mass is 477 g/mol. The topological polar surface area (TPSA) is 132 Å². The molecule has 36 heavy (non-hydrogen) atoms. The molecule has 9 heteroatoms. The van der Waals surface area contributed by atoms with Crippen molar-refractivity contribution in [1.82, 2.24) is 24.7 Å². The number of nitrogens with one attached hydrogen (secondary N) is 2. The summed E-state index contributed by atoms with van der Waals surface area (Å²) in [6.45, 7) is 0. The summed E-state index contributed by atoms with van der Waals surface area (Å²) in [4.78, 5) is 34.0. The van der Waals surface area contributed by atoms with E-state index in [1.807, 2.05) is 59.3 Å². The van der Waals surface area contributed by atoms with Crippen molar-refractivity contribution in [2.75, 3.05) is 5.32 Å². The van der Waals surface area contributed by atoms with Crippen molar-refractivity contribution >= 4 is 17.5 Å². The minimum Gasteiger partial charge on any atom is -0.366 e. The van der Waals surface area contributed by atoms with Crippen LogP contribution in [0.1, 0.15) is 22.5 Å². The highest BCUT2D eigenvalue weighted by Crippen LogP contribution is 2.35. The van der Waals surface area contributed by atoms with Gasteiger partial charge in [-0.25, -0.2) is 4.98 Å². The van der Waals surface area contributed by atoms with Gasteiger partial charge in [0.1, 0.15) is 5.82 Å². The van der Waals surface area contributed by atoms with Crippen molar-refractivity contribution in [3.63, 3.8) is 0 Å². The zero-order valence-corrected chi connectivity index (χ0v) is 19.3. The lowest BCUT2D eigenvalue weighted by Crippen LogP contribution is -2.14. The van der Waals surface area contributed by atoms with Crippen LogP contribution in [-0.4, -0.2) is 36.5 Å². The number of amides is 2. The molecular weight excluding hydrogens is 454 g/mol. The first kappa shape index (κ1) is 22.7. The Labute approximate surface area is 207 Å². The van der Waals surface area contributed by atoms with E-state index in [0.29, 0.717) is 29.1 Å². The molecule has 5 aromatic rings.